The molecule has 8 heteroatoms. The Bertz CT molecular complexity index is 274. The highest BCUT2D eigenvalue weighted by Crippen LogP contribution is 2.22. The van der Waals surface area contributed by atoms with Gasteiger partial charge in [0.1, 0.15) is 0 Å². The minimum Gasteiger partial charge on any atom is -0.545 e. The quantitative estimate of drug-likeness (QED) is 0.370. The number of carboxylic acids is 1. The van der Waals surface area contributed by atoms with E-state index in [4.69, 9.17) is 0 Å². The Morgan fingerprint density at radius 3 is 2.27 bits per heavy atom. The summed E-state index contributed by atoms with van der Waals surface area (Å²) in [6.45, 7) is -1.82. The average molecular weight is 229 g/mol. The van der Waals surface area contributed by atoms with Crippen LogP contribution in [0.3, 0.4) is 0 Å². The van der Waals surface area contributed by atoms with E-state index in [0.29, 0.717) is 0 Å². The molecule has 0 saturated heterocycles. The van der Waals surface area contributed by atoms with Gasteiger partial charge >= 0.3 is 18.3 Å². The van der Waals surface area contributed by atoms with Crippen LogP contribution < -0.4 is 5.11 Å². The molecule has 86 valence electrons. The minimum absolute atomic E-state index is 0.225. The van der Waals surface area contributed by atoms with Gasteiger partial charge in [-0.2, -0.15) is 8.78 Å². The smallest absolute Gasteiger partial charge is 0.340 e. The number of esters is 1. The fourth-order valence-electron chi connectivity index (χ4n) is 0.415. The Morgan fingerprint density at radius 1 is 1.33 bits per heavy atom. The van der Waals surface area contributed by atoms with Gasteiger partial charge in [0, 0.05) is 6.08 Å². The minimum atomic E-state index is -4.45. The van der Waals surface area contributed by atoms with E-state index in [2.05, 4.69) is 4.74 Å². The number of carbonyl (C=O) groups is 2. The summed E-state index contributed by atoms with van der Waals surface area (Å²) in [4.78, 5) is 20.2. The van der Waals surface area contributed by atoms with E-state index in [1.165, 1.54) is 0 Å². The van der Waals surface area contributed by atoms with Crippen molar-refractivity contribution in [2.24, 2.45) is 0 Å². The maximum Gasteiger partial charge on any atom is 0.340 e. The van der Waals surface area contributed by atoms with Gasteiger partial charge in [0.25, 0.3) is 0 Å². The molecule has 0 bridgehead atoms. The number of rotatable bonds is 5. The van der Waals surface area contributed by atoms with Gasteiger partial charge in [-0.15, -0.1) is 0 Å². The van der Waals surface area contributed by atoms with E-state index in [1.54, 1.807) is 0 Å². The third-order valence-corrected chi connectivity index (χ3v) is 1.08. The molecule has 0 aromatic carbocycles. The molecule has 0 spiro atoms. The number of carboxylic acid groups (broad SMARTS) is 1. The SMILES string of the molecule is O=C([O-])C=CC(=O)OCC(F)(F)C(F)F. The monoisotopic (exact) mass is 229 g/mol. The Hall–Kier alpha value is -1.60. The molecule has 0 rings (SSSR count). The second-order valence-corrected chi connectivity index (χ2v) is 2.32. The predicted octanol–water partition coefficient (Wildman–Crippen LogP) is -0.264. The van der Waals surface area contributed by atoms with Crippen LogP contribution in [0.1, 0.15) is 0 Å². The molecule has 0 aliphatic carbocycles. The number of alkyl halides is 4. The molecule has 0 fully saturated rings. The number of ether oxygens (including phenoxy) is 1. The van der Waals surface area contributed by atoms with Crippen LogP contribution in [-0.2, 0) is 14.3 Å². The van der Waals surface area contributed by atoms with Crippen LogP contribution in [0.5, 0.6) is 0 Å². The standard InChI is InChI=1S/C7H6F4O4/c8-6(9)7(10,11)3-15-5(14)2-1-4(12)13/h1-2,6H,3H2,(H,12,13)/p-1. The van der Waals surface area contributed by atoms with E-state index in [-0.39, 0.29) is 12.2 Å². The molecule has 4 nitrogen and oxygen atoms in total. The van der Waals surface area contributed by atoms with Gasteiger partial charge in [-0.1, -0.05) is 0 Å². The van der Waals surface area contributed by atoms with E-state index in [9.17, 15) is 32.3 Å². The molecule has 0 aliphatic heterocycles. The number of hydrogen-bond acceptors (Lipinski definition) is 4. The highest BCUT2D eigenvalue weighted by molar-refractivity contribution is 5.89. The van der Waals surface area contributed by atoms with Crippen molar-refractivity contribution in [2.75, 3.05) is 6.61 Å². The van der Waals surface area contributed by atoms with Crippen molar-refractivity contribution < 1.29 is 37.0 Å². The van der Waals surface area contributed by atoms with Crippen LogP contribution in [-0.4, -0.2) is 30.9 Å². The number of halogens is 4. The molecule has 0 aromatic rings. The van der Waals surface area contributed by atoms with Crippen LogP contribution in [0, 0.1) is 0 Å². The third kappa shape index (κ3) is 5.66. The van der Waals surface area contributed by atoms with E-state index in [0.717, 1.165) is 0 Å². The zero-order valence-corrected chi connectivity index (χ0v) is 7.08. The molecule has 0 saturated carbocycles. The molecule has 0 N–H and O–H groups in total. The molecule has 0 radical (unpaired) electrons. The first-order chi connectivity index (χ1) is 6.75. The van der Waals surface area contributed by atoms with Crippen molar-refractivity contribution >= 4 is 11.9 Å². The second-order valence-electron chi connectivity index (χ2n) is 2.32. The normalized spacial score (nSPS) is 12.1. The second kappa shape index (κ2) is 5.32. The summed E-state index contributed by atoms with van der Waals surface area (Å²) >= 11 is 0. The lowest BCUT2D eigenvalue weighted by Crippen LogP contribution is -2.33. The van der Waals surface area contributed by atoms with Crippen molar-refractivity contribution in [1.82, 2.24) is 0 Å². The molecule has 0 atom stereocenters. The summed E-state index contributed by atoms with van der Waals surface area (Å²) in [7, 11) is 0. The summed E-state index contributed by atoms with van der Waals surface area (Å²) in [6, 6.07) is 0. The molecule has 0 aromatic heterocycles. The molecular formula is C7H5F4O4-. The van der Waals surface area contributed by atoms with Gasteiger partial charge in [0.05, 0.1) is 5.97 Å². The molecule has 0 unspecified atom stereocenters. The Kier molecular flexibility index (Phi) is 4.75. The van der Waals surface area contributed by atoms with Gasteiger partial charge < -0.3 is 14.6 Å². The zero-order valence-electron chi connectivity index (χ0n) is 7.08. The molecule has 0 aliphatic rings. The molecule has 15 heavy (non-hydrogen) atoms. The van der Waals surface area contributed by atoms with Gasteiger partial charge in [0.2, 0.25) is 0 Å². The summed E-state index contributed by atoms with van der Waals surface area (Å²) in [5.74, 6) is -7.67. The van der Waals surface area contributed by atoms with Crippen LogP contribution in [0.25, 0.3) is 0 Å². The van der Waals surface area contributed by atoms with Crippen molar-refractivity contribution in [3.63, 3.8) is 0 Å². The van der Waals surface area contributed by atoms with Crippen molar-refractivity contribution in [3.8, 4) is 0 Å². The Labute approximate surface area is 81.1 Å². The van der Waals surface area contributed by atoms with Gasteiger partial charge in [-0.25, -0.2) is 13.6 Å². The van der Waals surface area contributed by atoms with Crippen molar-refractivity contribution in [2.45, 2.75) is 12.3 Å². The van der Waals surface area contributed by atoms with Gasteiger partial charge in [-0.3, -0.25) is 0 Å². The van der Waals surface area contributed by atoms with E-state index in [1.807, 2.05) is 0 Å². The van der Waals surface area contributed by atoms with Gasteiger partial charge in [0.15, 0.2) is 6.61 Å². The highest BCUT2D eigenvalue weighted by Gasteiger charge is 2.42. The number of hydrogen-bond donors (Lipinski definition) is 0. The van der Waals surface area contributed by atoms with E-state index >= 15 is 0 Å². The molecular weight excluding hydrogens is 224 g/mol. The lowest BCUT2D eigenvalue weighted by atomic mass is 10.4. The Balaban J connectivity index is 4.06. The fourth-order valence-corrected chi connectivity index (χ4v) is 0.415. The maximum atomic E-state index is 12.1. The molecule has 0 amide bonds. The first-order valence-corrected chi connectivity index (χ1v) is 3.47. The zero-order chi connectivity index (χ0) is 12.1. The summed E-state index contributed by atoms with van der Waals surface area (Å²) in [6.07, 6.45) is -3.46. The maximum absolute atomic E-state index is 12.1. The van der Waals surface area contributed by atoms with Crippen LogP contribution in [0.2, 0.25) is 0 Å². The first-order valence-electron chi connectivity index (χ1n) is 3.47. The average Bonchev–Trinajstić information content (AvgIpc) is 2.11. The first kappa shape index (κ1) is 13.4. The van der Waals surface area contributed by atoms with Crippen LogP contribution in [0.4, 0.5) is 17.6 Å². The van der Waals surface area contributed by atoms with Crippen LogP contribution in [0.15, 0.2) is 12.2 Å². The largest absolute Gasteiger partial charge is 0.545 e. The third-order valence-electron chi connectivity index (χ3n) is 1.08. The predicted molar refractivity (Wildman–Crippen MR) is 36.1 cm³/mol. The Morgan fingerprint density at radius 2 is 1.87 bits per heavy atom. The topological polar surface area (TPSA) is 66.4 Å². The van der Waals surface area contributed by atoms with Gasteiger partial charge in [-0.05, 0) is 6.08 Å². The van der Waals surface area contributed by atoms with Crippen molar-refractivity contribution in [3.05, 3.63) is 12.2 Å². The fraction of sp³-hybridized carbons (Fsp3) is 0.429. The highest BCUT2D eigenvalue weighted by atomic mass is 19.3. The molecule has 0 heterocycles. The van der Waals surface area contributed by atoms with Crippen molar-refractivity contribution in [1.29, 1.82) is 0 Å². The summed E-state index contributed by atoms with van der Waals surface area (Å²) in [5.41, 5.74) is 0. The lowest BCUT2D eigenvalue weighted by Gasteiger charge is -2.13. The van der Waals surface area contributed by atoms with Crippen LogP contribution >= 0.6 is 0 Å². The lowest BCUT2D eigenvalue weighted by molar-refractivity contribution is -0.297. The number of carbonyl (C=O) groups excluding carboxylic acids is 2. The number of aliphatic carboxylic acids is 1. The van der Waals surface area contributed by atoms with E-state index < -0.39 is 30.9 Å². The summed E-state index contributed by atoms with van der Waals surface area (Å²) in [5, 5.41) is 9.74. The summed E-state index contributed by atoms with van der Waals surface area (Å²) < 4.78 is 51.0.